The first-order valence-corrected chi connectivity index (χ1v) is 12.1. The summed E-state index contributed by atoms with van der Waals surface area (Å²) in [6.07, 6.45) is -0.397. The minimum atomic E-state index is -1.64. The maximum atomic E-state index is 13.3. The van der Waals surface area contributed by atoms with E-state index in [2.05, 4.69) is 20.9 Å². The second-order valence-electron chi connectivity index (χ2n) is 9.04. The summed E-state index contributed by atoms with van der Waals surface area (Å²) in [6, 6.07) is 1.19. The number of hydrogen-bond acceptors (Lipinski definition) is 8. The summed E-state index contributed by atoms with van der Waals surface area (Å²) >= 11 is 0. The molecule has 0 aliphatic rings. The van der Waals surface area contributed by atoms with E-state index in [4.69, 9.17) is 22.9 Å². The molecule has 1 heterocycles. The van der Waals surface area contributed by atoms with Crippen molar-refractivity contribution in [3.05, 3.63) is 36.0 Å². The quantitative estimate of drug-likeness (QED) is 0.0986. The molecule has 0 aliphatic heterocycles. The zero-order chi connectivity index (χ0) is 30.0. The molecule has 13 N–H and O–H groups in total. The summed E-state index contributed by atoms with van der Waals surface area (Å²) in [6.45, 7) is 0. The molecule has 6 amide bonds. The van der Waals surface area contributed by atoms with Gasteiger partial charge >= 0.3 is 5.97 Å². The number of aromatic nitrogens is 1. The van der Waals surface area contributed by atoms with Crippen molar-refractivity contribution >= 4 is 52.3 Å². The number of rotatable bonds is 16. The van der Waals surface area contributed by atoms with Gasteiger partial charge < -0.3 is 49.0 Å². The first kappa shape index (κ1) is 31.2. The lowest BCUT2D eigenvalue weighted by Crippen LogP contribution is -2.58. The molecule has 2 rings (SSSR count). The Balaban J connectivity index is 2.30. The molecule has 4 unspecified atom stereocenters. The van der Waals surface area contributed by atoms with Gasteiger partial charge in [-0.25, -0.2) is 4.79 Å². The molecule has 0 saturated carbocycles. The van der Waals surface area contributed by atoms with Gasteiger partial charge in [-0.1, -0.05) is 18.2 Å². The number of nitrogens with one attached hydrogen (secondary N) is 4. The summed E-state index contributed by atoms with van der Waals surface area (Å²) in [5, 5.41) is 17.0. The highest BCUT2D eigenvalue weighted by Crippen LogP contribution is 2.19. The third-order valence-corrected chi connectivity index (χ3v) is 5.82. The van der Waals surface area contributed by atoms with Gasteiger partial charge in [0, 0.05) is 29.9 Å². The maximum absolute atomic E-state index is 13.3. The topological polar surface area (TPSA) is 296 Å². The molecule has 16 heteroatoms. The van der Waals surface area contributed by atoms with E-state index in [1.165, 1.54) is 0 Å². The van der Waals surface area contributed by atoms with E-state index in [1.54, 1.807) is 30.5 Å². The Kier molecular flexibility index (Phi) is 11.1. The zero-order valence-electron chi connectivity index (χ0n) is 21.3. The lowest BCUT2D eigenvalue weighted by atomic mass is 10.0. The molecule has 0 radical (unpaired) electrons. The van der Waals surface area contributed by atoms with E-state index in [0.29, 0.717) is 5.56 Å². The lowest BCUT2D eigenvalue weighted by molar-refractivity contribution is -0.142. The summed E-state index contributed by atoms with van der Waals surface area (Å²) < 4.78 is 0. The van der Waals surface area contributed by atoms with E-state index in [0.717, 1.165) is 10.9 Å². The largest absolute Gasteiger partial charge is 0.480 e. The van der Waals surface area contributed by atoms with Crippen LogP contribution in [0, 0.1) is 0 Å². The third-order valence-electron chi connectivity index (χ3n) is 5.82. The van der Waals surface area contributed by atoms with Crippen molar-refractivity contribution in [3.8, 4) is 0 Å². The van der Waals surface area contributed by atoms with Gasteiger partial charge in [0.15, 0.2) is 0 Å². The van der Waals surface area contributed by atoms with Gasteiger partial charge in [-0.05, 0) is 18.1 Å². The second kappa shape index (κ2) is 14.2. The fourth-order valence-electron chi connectivity index (χ4n) is 3.82. The van der Waals surface area contributed by atoms with Crippen LogP contribution in [0.25, 0.3) is 10.9 Å². The third kappa shape index (κ3) is 9.39. The molecule has 216 valence electrons. The van der Waals surface area contributed by atoms with Gasteiger partial charge in [-0.2, -0.15) is 0 Å². The van der Waals surface area contributed by atoms with Crippen LogP contribution in [0.3, 0.4) is 0 Å². The Hall–Kier alpha value is -4.99. The molecule has 0 saturated heterocycles. The number of para-hydroxylation sites is 1. The molecule has 4 atom stereocenters. The van der Waals surface area contributed by atoms with Gasteiger partial charge in [0.2, 0.25) is 35.4 Å². The average molecular weight is 561 g/mol. The highest BCUT2D eigenvalue weighted by Gasteiger charge is 2.32. The van der Waals surface area contributed by atoms with Crippen molar-refractivity contribution in [3.63, 3.8) is 0 Å². The summed E-state index contributed by atoms with van der Waals surface area (Å²) in [5.74, 6) is -7.01. The maximum Gasteiger partial charge on any atom is 0.326 e. The SMILES string of the molecule is NC(=O)CCC(NC(=O)C(CC(N)=O)NC(=O)C(Cc1c[nH]c2ccccc12)NC(=O)C(N)CC(N)=O)C(=O)O. The molecule has 2 aromatic rings. The Morgan fingerprint density at radius 1 is 0.775 bits per heavy atom. The van der Waals surface area contributed by atoms with E-state index in [-0.39, 0.29) is 19.3 Å². The highest BCUT2D eigenvalue weighted by molar-refractivity contribution is 5.97. The van der Waals surface area contributed by atoms with E-state index in [1.807, 2.05) is 0 Å². The number of carboxylic acids is 1. The molecule has 0 fully saturated rings. The number of hydrogen-bond donors (Lipinski definition) is 9. The van der Waals surface area contributed by atoms with Crippen LogP contribution in [0.2, 0.25) is 0 Å². The number of aromatic amines is 1. The van der Waals surface area contributed by atoms with Gasteiger partial charge in [0.25, 0.3) is 0 Å². The smallest absolute Gasteiger partial charge is 0.326 e. The van der Waals surface area contributed by atoms with Crippen LogP contribution in [-0.2, 0) is 40.0 Å². The molecule has 16 nitrogen and oxygen atoms in total. The number of carbonyl (C=O) groups is 7. The number of amides is 6. The Morgan fingerprint density at radius 3 is 1.95 bits per heavy atom. The van der Waals surface area contributed by atoms with Crippen LogP contribution in [0.4, 0.5) is 0 Å². The van der Waals surface area contributed by atoms with Gasteiger partial charge in [-0.15, -0.1) is 0 Å². The average Bonchev–Trinajstić information content (AvgIpc) is 3.27. The zero-order valence-corrected chi connectivity index (χ0v) is 21.3. The molecular weight excluding hydrogens is 528 g/mol. The number of primary amides is 3. The van der Waals surface area contributed by atoms with E-state index in [9.17, 15) is 38.7 Å². The lowest BCUT2D eigenvalue weighted by Gasteiger charge is -2.24. The molecule has 40 heavy (non-hydrogen) atoms. The fourth-order valence-corrected chi connectivity index (χ4v) is 3.82. The molecular formula is C24H32N8O8. The number of carboxylic acid groups (broad SMARTS) is 1. The van der Waals surface area contributed by atoms with Crippen LogP contribution >= 0.6 is 0 Å². The van der Waals surface area contributed by atoms with E-state index < -0.39 is 78.4 Å². The summed E-state index contributed by atoms with van der Waals surface area (Å²) in [5.41, 5.74) is 22.4. The first-order chi connectivity index (χ1) is 18.8. The number of nitrogens with two attached hydrogens (primary N) is 4. The predicted molar refractivity (Wildman–Crippen MR) is 139 cm³/mol. The predicted octanol–water partition coefficient (Wildman–Crippen LogP) is -3.41. The van der Waals surface area contributed by atoms with Crippen molar-refractivity contribution in [2.75, 3.05) is 0 Å². The van der Waals surface area contributed by atoms with Crippen molar-refractivity contribution in [1.82, 2.24) is 20.9 Å². The minimum absolute atomic E-state index is 0.105. The number of aliphatic carboxylic acids is 1. The van der Waals surface area contributed by atoms with Gasteiger partial charge in [-0.3, -0.25) is 28.8 Å². The number of benzene rings is 1. The summed E-state index contributed by atoms with van der Waals surface area (Å²) in [7, 11) is 0. The van der Waals surface area contributed by atoms with Gasteiger partial charge in [0.1, 0.15) is 18.1 Å². The van der Waals surface area contributed by atoms with Crippen LogP contribution < -0.4 is 38.9 Å². The Labute approximate surface area is 227 Å². The fraction of sp³-hybridized carbons (Fsp3) is 0.375. The standard InChI is InChI=1S/C24H32N8O8/c25-13(8-19(27)34)21(36)31-16(7-11-10-29-14-4-2-1-3-12(11)14)22(37)32-17(9-20(28)35)23(38)30-15(24(39)40)5-6-18(26)33/h1-4,10,13,15-17,29H,5-9,25H2,(H2,26,33)(H2,27,34)(H2,28,35)(H,30,38)(H,31,36)(H,32,37)(H,39,40). The van der Waals surface area contributed by atoms with Crippen molar-refractivity contribution in [1.29, 1.82) is 0 Å². The molecule has 0 spiro atoms. The van der Waals surface area contributed by atoms with Crippen LogP contribution in [0.1, 0.15) is 31.2 Å². The summed E-state index contributed by atoms with van der Waals surface area (Å²) in [4.78, 5) is 87.3. The molecule has 1 aromatic carbocycles. The molecule has 0 bridgehead atoms. The Morgan fingerprint density at radius 2 is 1.35 bits per heavy atom. The van der Waals surface area contributed by atoms with E-state index >= 15 is 0 Å². The number of carbonyl (C=O) groups excluding carboxylic acids is 6. The monoisotopic (exact) mass is 560 g/mol. The van der Waals surface area contributed by atoms with Crippen LogP contribution in [0.5, 0.6) is 0 Å². The highest BCUT2D eigenvalue weighted by atomic mass is 16.4. The van der Waals surface area contributed by atoms with Crippen molar-refractivity contribution in [2.45, 2.75) is 56.3 Å². The van der Waals surface area contributed by atoms with Crippen molar-refractivity contribution < 1.29 is 38.7 Å². The first-order valence-electron chi connectivity index (χ1n) is 12.1. The second-order valence-corrected chi connectivity index (χ2v) is 9.04. The number of fused-ring (bicyclic) bond motifs is 1. The van der Waals surface area contributed by atoms with Crippen LogP contribution in [0.15, 0.2) is 30.5 Å². The van der Waals surface area contributed by atoms with Crippen molar-refractivity contribution in [2.24, 2.45) is 22.9 Å². The number of H-pyrrole nitrogens is 1. The normalized spacial score (nSPS) is 13.8. The minimum Gasteiger partial charge on any atom is -0.480 e. The Bertz CT molecular complexity index is 1290. The van der Waals surface area contributed by atoms with Crippen LogP contribution in [-0.4, -0.2) is 75.7 Å². The van der Waals surface area contributed by atoms with Gasteiger partial charge in [0.05, 0.1) is 18.9 Å². The molecule has 1 aromatic heterocycles. The molecule has 0 aliphatic carbocycles.